The molecule has 0 saturated heterocycles. The maximum atomic E-state index is 12.3. The van der Waals surface area contributed by atoms with E-state index in [1.165, 1.54) is 14.2 Å². The molecule has 2 rings (SSSR count). The highest BCUT2D eigenvalue weighted by molar-refractivity contribution is 9.10. The van der Waals surface area contributed by atoms with Crippen molar-refractivity contribution in [2.24, 2.45) is 5.73 Å². The van der Waals surface area contributed by atoms with Crippen LogP contribution in [0.2, 0.25) is 0 Å². The first-order valence-electron chi connectivity index (χ1n) is 6.67. The summed E-state index contributed by atoms with van der Waals surface area (Å²) in [6.45, 7) is 0.0325. The smallest absolute Gasteiger partial charge is 0.338 e. The molecule has 1 atom stereocenters. The van der Waals surface area contributed by atoms with E-state index in [2.05, 4.69) is 15.9 Å². The van der Waals surface area contributed by atoms with Crippen LogP contribution in [0.5, 0.6) is 0 Å². The molecular formula is C16H15BrN2O4. The highest BCUT2D eigenvalue weighted by Crippen LogP contribution is 2.42. The van der Waals surface area contributed by atoms with Gasteiger partial charge in [-0.25, -0.2) is 4.79 Å². The largest absolute Gasteiger partial charge is 0.466 e. The van der Waals surface area contributed by atoms with E-state index in [1.807, 2.05) is 24.3 Å². The van der Waals surface area contributed by atoms with Crippen molar-refractivity contribution in [1.82, 2.24) is 0 Å². The number of carbonyl (C=O) groups is 1. The van der Waals surface area contributed by atoms with Crippen molar-refractivity contribution in [3.05, 3.63) is 57.1 Å². The minimum Gasteiger partial charge on any atom is -0.466 e. The van der Waals surface area contributed by atoms with Gasteiger partial charge in [-0.2, -0.15) is 5.26 Å². The fourth-order valence-corrected chi connectivity index (χ4v) is 2.92. The molecule has 23 heavy (non-hydrogen) atoms. The van der Waals surface area contributed by atoms with Gasteiger partial charge in [0, 0.05) is 11.6 Å². The van der Waals surface area contributed by atoms with Crippen molar-refractivity contribution < 1.29 is 19.0 Å². The van der Waals surface area contributed by atoms with Gasteiger partial charge in [-0.1, -0.05) is 34.1 Å². The Hall–Kier alpha value is -2.30. The predicted octanol–water partition coefficient (Wildman–Crippen LogP) is 2.33. The quantitative estimate of drug-likeness (QED) is 0.807. The number of halogens is 1. The van der Waals surface area contributed by atoms with E-state index in [-0.39, 0.29) is 29.4 Å². The fraction of sp³-hybridized carbons (Fsp3) is 0.250. The van der Waals surface area contributed by atoms with Gasteiger partial charge in [-0.05, 0) is 11.6 Å². The van der Waals surface area contributed by atoms with Crippen LogP contribution in [0.15, 0.2) is 51.5 Å². The number of hydrogen-bond acceptors (Lipinski definition) is 6. The third kappa shape index (κ3) is 3.23. The summed E-state index contributed by atoms with van der Waals surface area (Å²) in [6, 6.07) is 9.30. The standard InChI is InChI=1S/C16H15BrN2O4/c1-21-8-12-14(16(20)22-2)13(10(7-18)15(19)23-12)9-5-3-4-6-11(9)17/h3-6,13H,8,19H2,1-2H3/t13-/m1/s1. The topological polar surface area (TPSA) is 94.6 Å². The van der Waals surface area contributed by atoms with Crippen LogP contribution in [0.25, 0.3) is 0 Å². The van der Waals surface area contributed by atoms with Crippen LogP contribution in [0.4, 0.5) is 0 Å². The average molecular weight is 379 g/mol. The third-order valence-corrected chi connectivity index (χ3v) is 4.12. The molecule has 0 amide bonds. The van der Waals surface area contributed by atoms with Gasteiger partial charge in [-0.3, -0.25) is 0 Å². The number of nitriles is 1. The Bertz CT molecular complexity index is 734. The molecule has 0 bridgehead atoms. The number of benzene rings is 1. The highest BCUT2D eigenvalue weighted by atomic mass is 79.9. The van der Waals surface area contributed by atoms with Crippen molar-refractivity contribution >= 4 is 21.9 Å². The molecule has 1 heterocycles. The Morgan fingerprint density at radius 3 is 2.70 bits per heavy atom. The molecule has 1 aliphatic rings. The van der Waals surface area contributed by atoms with Crippen LogP contribution in [-0.4, -0.2) is 26.8 Å². The summed E-state index contributed by atoms with van der Waals surface area (Å²) < 4.78 is 16.1. The van der Waals surface area contributed by atoms with E-state index in [0.29, 0.717) is 5.56 Å². The Labute approximate surface area is 142 Å². The van der Waals surface area contributed by atoms with E-state index in [4.69, 9.17) is 19.9 Å². The molecule has 0 aromatic heterocycles. The van der Waals surface area contributed by atoms with E-state index >= 15 is 0 Å². The molecule has 1 aliphatic heterocycles. The molecule has 0 unspecified atom stereocenters. The highest BCUT2D eigenvalue weighted by Gasteiger charge is 2.38. The maximum Gasteiger partial charge on any atom is 0.338 e. The molecule has 0 fully saturated rings. The van der Waals surface area contributed by atoms with E-state index in [0.717, 1.165) is 4.47 Å². The molecule has 2 N–H and O–H groups in total. The van der Waals surface area contributed by atoms with Gasteiger partial charge >= 0.3 is 5.97 Å². The van der Waals surface area contributed by atoms with Gasteiger partial charge in [0.25, 0.3) is 0 Å². The van der Waals surface area contributed by atoms with Crippen LogP contribution < -0.4 is 5.73 Å². The lowest BCUT2D eigenvalue weighted by molar-refractivity contribution is -0.136. The molecular weight excluding hydrogens is 364 g/mol. The zero-order valence-electron chi connectivity index (χ0n) is 12.6. The lowest BCUT2D eigenvalue weighted by Crippen LogP contribution is -2.27. The van der Waals surface area contributed by atoms with Crippen molar-refractivity contribution in [2.75, 3.05) is 20.8 Å². The first-order chi connectivity index (χ1) is 11.0. The van der Waals surface area contributed by atoms with Crippen molar-refractivity contribution in [3.8, 4) is 6.07 Å². The summed E-state index contributed by atoms with van der Waals surface area (Å²) >= 11 is 3.45. The Morgan fingerprint density at radius 1 is 1.43 bits per heavy atom. The molecule has 120 valence electrons. The molecule has 1 aromatic rings. The van der Waals surface area contributed by atoms with Crippen LogP contribution in [0, 0.1) is 11.3 Å². The van der Waals surface area contributed by atoms with E-state index in [9.17, 15) is 10.1 Å². The van der Waals surface area contributed by atoms with Crippen molar-refractivity contribution in [1.29, 1.82) is 5.26 Å². The molecule has 0 radical (unpaired) electrons. The van der Waals surface area contributed by atoms with Crippen LogP contribution >= 0.6 is 15.9 Å². The van der Waals surface area contributed by atoms with Crippen LogP contribution in [0.1, 0.15) is 11.5 Å². The molecule has 0 aliphatic carbocycles. The summed E-state index contributed by atoms with van der Waals surface area (Å²) in [6.07, 6.45) is 0. The lowest BCUT2D eigenvalue weighted by atomic mass is 9.83. The van der Waals surface area contributed by atoms with E-state index in [1.54, 1.807) is 6.07 Å². The number of allylic oxidation sites excluding steroid dienone is 1. The summed E-state index contributed by atoms with van der Waals surface area (Å²) in [5, 5.41) is 9.48. The minimum atomic E-state index is -0.693. The minimum absolute atomic E-state index is 0.0325. The number of rotatable bonds is 4. The van der Waals surface area contributed by atoms with Gasteiger partial charge < -0.3 is 19.9 Å². The number of nitrogens with zero attached hydrogens (tertiary/aromatic N) is 1. The first-order valence-corrected chi connectivity index (χ1v) is 7.46. The Kier molecular flexibility index (Phi) is 5.42. The SMILES string of the molecule is COCC1=C(C(=O)OC)[C@H](c2ccccc2Br)C(C#N)=C(N)O1. The van der Waals surface area contributed by atoms with Crippen molar-refractivity contribution in [2.45, 2.75) is 5.92 Å². The first kappa shape index (κ1) is 17.1. The molecule has 0 saturated carbocycles. The number of carbonyl (C=O) groups excluding carboxylic acids is 1. The number of ether oxygens (including phenoxy) is 3. The second-order valence-corrected chi connectivity index (χ2v) is 5.56. The predicted molar refractivity (Wildman–Crippen MR) is 85.7 cm³/mol. The number of hydrogen-bond donors (Lipinski definition) is 1. The summed E-state index contributed by atoms with van der Waals surface area (Å²) in [7, 11) is 2.74. The second-order valence-electron chi connectivity index (χ2n) is 4.71. The Balaban J connectivity index is 2.72. The monoisotopic (exact) mass is 378 g/mol. The summed E-state index contributed by atoms with van der Waals surface area (Å²) in [5.41, 5.74) is 6.93. The van der Waals surface area contributed by atoms with Gasteiger partial charge in [0.2, 0.25) is 5.88 Å². The molecule has 1 aromatic carbocycles. The average Bonchev–Trinajstić information content (AvgIpc) is 2.54. The number of methoxy groups -OCH3 is 2. The van der Waals surface area contributed by atoms with Crippen molar-refractivity contribution in [3.63, 3.8) is 0 Å². The van der Waals surface area contributed by atoms with Gasteiger partial charge in [0.05, 0.1) is 18.6 Å². The lowest BCUT2D eigenvalue weighted by Gasteiger charge is -2.28. The van der Waals surface area contributed by atoms with Crippen LogP contribution in [-0.2, 0) is 19.0 Å². The van der Waals surface area contributed by atoms with E-state index < -0.39 is 11.9 Å². The molecule has 7 heteroatoms. The summed E-state index contributed by atoms with van der Waals surface area (Å²) in [5.74, 6) is -1.11. The fourth-order valence-electron chi connectivity index (χ4n) is 2.41. The maximum absolute atomic E-state index is 12.3. The molecule has 0 spiro atoms. The molecule has 6 nitrogen and oxygen atoms in total. The van der Waals surface area contributed by atoms with Gasteiger partial charge in [0.1, 0.15) is 24.0 Å². The summed E-state index contributed by atoms with van der Waals surface area (Å²) in [4.78, 5) is 12.3. The zero-order valence-corrected chi connectivity index (χ0v) is 14.2. The number of esters is 1. The second kappa shape index (κ2) is 7.31. The normalized spacial score (nSPS) is 17.6. The van der Waals surface area contributed by atoms with Gasteiger partial charge in [-0.15, -0.1) is 0 Å². The third-order valence-electron chi connectivity index (χ3n) is 3.39. The zero-order chi connectivity index (χ0) is 17.0. The van der Waals surface area contributed by atoms with Gasteiger partial charge in [0.15, 0.2) is 0 Å². The number of nitrogens with two attached hydrogens (primary N) is 1. The Morgan fingerprint density at radius 2 is 2.13 bits per heavy atom. The van der Waals surface area contributed by atoms with Crippen LogP contribution in [0.3, 0.4) is 0 Å².